The summed E-state index contributed by atoms with van der Waals surface area (Å²) >= 11 is 2.08. The second-order valence-corrected chi connectivity index (χ2v) is 5.58. The molecule has 0 aromatic carbocycles. The second-order valence-electron chi connectivity index (χ2n) is 4.36. The molecule has 1 rings (SSSR count). The smallest absolute Gasteiger partial charge is 0.0618 e. The molecule has 0 spiro atoms. The van der Waals surface area contributed by atoms with Crippen molar-refractivity contribution in [3.8, 4) is 0 Å². The van der Waals surface area contributed by atoms with Crippen molar-refractivity contribution in [3.63, 3.8) is 0 Å². The molecule has 0 radical (unpaired) electrons. The van der Waals surface area contributed by atoms with Gasteiger partial charge in [0.25, 0.3) is 0 Å². The first-order chi connectivity index (χ1) is 6.74. The Labute approximate surface area is 92.2 Å². The molecule has 2 nitrogen and oxygen atoms in total. The number of nitrogens with one attached hydrogen (secondary N) is 1. The molecule has 0 amide bonds. The van der Waals surface area contributed by atoms with Gasteiger partial charge in [0.2, 0.25) is 0 Å². The van der Waals surface area contributed by atoms with Crippen LogP contribution in [-0.2, 0) is 4.74 Å². The number of hydrogen-bond donors (Lipinski definition) is 1. The van der Waals surface area contributed by atoms with Gasteiger partial charge in [-0.05, 0) is 30.3 Å². The normalized spacial score (nSPS) is 21.4. The lowest BCUT2D eigenvalue weighted by Crippen LogP contribution is -2.45. The third kappa shape index (κ3) is 4.20. The van der Waals surface area contributed by atoms with Crippen molar-refractivity contribution >= 4 is 11.8 Å². The summed E-state index contributed by atoms with van der Waals surface area (Å²) in [6.45, 7) is 5.35. The monoisotopic (exact) mass is 217 g/mol. The Balaban J connectivity index is 2.29. The highest BCUT2D eigenvalue weighted by Gasteiger charge is 2.19. The van der Waals surface area contributed by atoms with E-state index in [9.17, 15) is 0 Å². The van der Waals surface area contributed by atoms with Crippen LogP contribution in [-0.4, -0.2) is 37.3 Å². The summed E-state index contributed by atoms with van der Waals surface area (Å²) in [7, 11) is 1.79. The molecule has 0 aromatic rings. The number of thioether (sulfide) groups is 1. The molecule has 1 saturated heterocycles. The lowest BCUT2D eigenvalue weighted by Gasteiger charge is -2.30. The molecule has 0 bridgehead atoms. The van der Waals surface area contributed by atoms with Gasteiger partial charge >= 0.3 is 0 Å². The Morgan fingerprint density at radius 2 is 2.00 bits per heavy atom. The Morgan fingerprint density at radius 1 is 1.36 bits per heavy atom. The van der Waals surface area contributed by atoms with Crippen molar-refractivity contribution in [2.24, 2.45) is 5.92 Å². The average Bonchev–Trinajstić information content (AvgIpc) is 2.18. The van der Waals surface area contributed by atoms with Crippen molar-refractivity contribution in [1.29, 1.82) is 0 Å². The molecule has 84 valence electrons. The predicted octanol–water partition coefficient (Wildman–Crippen LogP) is 2.14. The summed E-state index contributed by atoms with van der Waals surface area (Å²) < 4.78 is 5.24. The van der Waals surface area contributed by atoms with E-state index in [1.807, 2.05) is 0 Å². The van der Waals surface area contributed by atoms with E-state index in [2.05, 4.69) is 30.9 Å². The van der Waals surface area contributed by atoms with Crippen LogP contribution in [0.25, 0.3) is 0 Å². The van der Waals surface area contributed by atoms with Crippen molar-refractivity contribution in [2.75, 3.05) is 25.2 Å². The van der Waals surface area contributed by atoms with Crippen LogP contribution in [0.2, 0.25) is 0 Å². The summed E-state index contributed by atoms with van der Waals surface area (Å²) in [5.74, 6) is 3.29. The van der Waals surface area contributed by atoms with Gasteiger partial charge in [0, 0.05) is 19.2 Å². The van der Waals surface area contributed by atoms with Gasteiger partial charge in [0.1, 0.15) is 0 Å². The van der Waals surface area contributed by atoms with Gasteiger partial charge in [-0.15, -0.1) is 0 Å². The maximum Gasteiger partial charge on any atom is 0.0618 e. The first kappa shape index (κ1) is 12.3. The average molecular weight is 217 g/mol. The molecule has 14 heavy (non-hydrogen) atoms. The summed E-state index contributed by atoms with van der Waals surface area (Å²) in [6, 6.07) is 1.24. The summed E-state index contributed by atoms with van der Waals surface area (Å²) in [5, 5.41) is 3.72. The first-order valence-corrected chi connectivity index (χ1v) is 6.72. The fourth-order valence-electron chi connectivity index (χ4n) is 1.78. The lowest BCUT2D eigenvalue weighted by molar-refractivity contribution is 0.139. The third-order valence-electron chi connectivity index (χ3n) is 2.82. The molecule has 1 aliphatic rings. The van der Waals surface area contributed by atoms with Crippen LogP contribution >= 0.6 is 11.8 Å². The molecule has 1 atom stereocenters. The van der Waals surface area contributed by atoms with E-state index in [0.29, 0.717) is 12.0 Å². The molecule has 1 fully saturated rings. The highest BCUT2D eigenvalue weighted by atomic mass is 32.2. The molecular formula is C11H23NOS. The summed E-state index contributed by atoms with van der Waals surface area (Å²) in [5.41, 5.74) is 0. The standard InChI is InChI=1S/C11H23NOS/c1-9(2)11(8-13-3)12-10-4-6-14-7-5-10/h9-12H,4-8H2,1-3H3. The van der Waals surface area contributed by atoms with Gasteiger partial charge in [-0.1, -0.05) is 13.8 Å². The minimum absolute atomic E-state index is 0.521. The van der Waals surface area contributed by atoms with Crippen molar-refractivity contribution in [1.82, 2.24) is 5.32 Å². The maximum absolute atomic E-state index is 5.24. The van der Waals surface area contributed by atoms with E-state index in [0.717, 1.165) is 12.6 Å². The molecule has 1 heterocycles. The lowest BCUT2D eigenvalue weighted by atomic mass is 10.0. The molecule has 1 unspecified atom stereocenters. The molecule has 1 N–H and O–H groups in total. The van der Waals surface area contributed by atoms with Crippen LogP contribution in [0.4, 0.5) is 0 Å². The van der Waals surface area contributed by atoms with Crippen LogP contribution in [0.15, 0.2) is 0 Å². The number of rotatable bonds is 5. The topological polar surface area (TPSA) is 21.3 Å². The molecule has 0 saturated carbocycles. The van der Waals surface area contributed by atoms with Gasteiger partial charge in [0.05, 0.1) is 6.61 Å². The fraction of sp³-hybridized carbons (Fsp3) is 1.00. The number of methoxy groups -OCH3 is 1. The van der Waals surface area contributed by atoms with E-state index in [-0.39, 0.29) is 0 Å². The number of ether oxygens (including phenoxy) is 1. The number of hydrogen-bond acceptors (Lipinski definition) is 3. The SMILES string of the molecule is COCC(NC1CCSCC1)C(C)C. The molecule has 1 aliphatic heterocycles. The second kappa shape index (κ2) is 6.70. The molecular weight excluding hydrogens is 194 g/mol. The van der Waals surface area contributed by atoms with Gasteiger partial charge < -0.3 is 10.1 Å². The van der Waals surface area contributed by atoms with Gasteiger partial charge in [-0.25, -0.2) is 0 Å². The van der Waals surface area contributed by atoms with Gasteiger partial charge in [0.15, 0.2) is 0 Å². The Hall–Kier alpha value is 0.270. The predicted molar refractivity (Wildman–Crippen MR) is 64.0 cm³/mol. The van der Waals surface area contributed by atoms with E-state index < -0.39 is 0 Å². The van der Waals surface area contributed by atoms with Crippen LogP contribution in [0.5, 0.6) is 0 Å². The van der Waals surface area contributed by atoms with Crippen LogP contribution in [0.3, 0.4) is 0 Å². The van der Waals surface area contributed by atoms with Gasteiger partial charge in [-0.3, -0.25) is 0 Å². The van der Waals surface area contributed by atoms with Crippen LogP contribution < -0.4 is 5.32 Å². The molecule has 3 heteroatoms. The Morgan fingerprint density at radius 3 is 2.50 bits per heavy atom. The van der Waals surface area contributed by atoms with Crippen LogP contribution in [0, 0.1) is 5.92 Å². The van der Waals surface area contributed by atoms with E-state index in [4.69, 9.17) is 4.74 Å². The third-order valence-corrected chi connectivity index (χ3v) is 3.87. The zero-order chi connectivity index (χ0) is 10.4. The summed E-state index contributed by atoms with van der Waals surface area (Å²) in [6.07, 6.45) is 2.63. The first-order valence-electron chi connectivity index (χ1n) is 5.56. The molecule has 0 aromatic heterocycles. The minimum atomic E-state index is 0.521. The zero-order valence-corrected chi connectivity index (χ0v) is 10.4. The van der Waals surface area contributed by atoms with Crippen molar-refractivity contribution in [2.45, 2.75) is 38.8 Å². The van der Waals surface area contributed by atoms with Crippen molar-refractivity contribution in [3.05, 3.63) is 0 Å². The zero-order valence-electron chi connectivity index (χ0n) is 9.58. The highest BCUT2D eigenvalue weighted by Crippen LogP contribution is 2.18. The maximum atomic E-state index is 5.24. The highest BCUT2D eigenvalue weighted by molar-refractivity contribution is 7.99. The minimum Gasteiger partial charge on any atom is -0.383 e. The molecule has 0 aliphatic carbocycles. The van der Waals surface area contributed by atoms with E-state index in [1.165, 1.54) is 24.3 Å². The van der Waals surface area contributed by atoms with Gasteiger partial charge in [-0.2, -0.15) is 11.8 Å². The Bertz CT molecular complexity index is 146. The van der Waals surface area contributed by atoms with E-state index >= 15 is 0 Å². The Kier molecular flexibility index (Phi) is 5.90. The quantitative estimate of drug-likeness (QED) is 0.762. The summed E-state index contributed by atoms with van der Waals surface area (Å²) in [4.78, 5) is 0. The fourth-order valence-corrected chi connectivity index (χ4v) is 2.89. The van der Waals surface area contributed by atoms with Crippen LogP contribution in [0.1, 0.15) is 26.7 Å². The van der Waals surface area contributed by atoms with E-state index in [1.54, 1.807) is 7.11 Å². The van der Waals surface area contributed by atoms with Crippen molar-refractivity contribution < 1.29 is 4.74 Å². The largest absolute Gasteiger partial charge is 0.383 e.